The first-order valence-corrected chi connectivity index (χ1v) is 8.76. The molecule has 26 heavy (non-hydrogen) atoms. The Morgan fingerprint density at radius 2 is 2.00 bits per heavy atom. The summed E-state index contributed by atoms with van der Waals surface area (Å²) in [5.74, 6) is 0.318. The average molecular weight is 361 g/mol. The zero-order valence-corrected chi connectivity index (χ0v) is 15.0. The first-order valence-electron chi connectivity index (χ1n) is 8.76. The van der Waals surface area contributed by atoms with Gasteiger partial charge in [-0.05, 0) is 31.0 Å². The molecule has 1 aromatic carbocycles. The third kappa shape index (κ3) is 3.31. The molecule has 2 aliphatic rings. The minimum Gasteiger partial charge on any atom is -0.486 e. The maximum absolute atomic E-state index is 12.9. The van der Waals surface area contributed by atoms with Gasteiger partial charge in [0.2, 0.25) is 5.91 Å². The van der Waals surface area contributed by atoms with E-state index in [1.807, 2.05) is 6.92 Å². The van der Waals surface area contributed by atoms with Gasteiger partial charge in [0, 0.05) is 6.54 Å². The van der Waals surface area contributed by atoms with Crippen LogP contribution in [-0.2, 0) is 15.1 Å². The van der Waals surface area contributed by atoms with E-state index in [1.54, 1.807) is 25.1 Å². The van der Waals surface area contributed by atoms with Gasteiger partial charge in [-0.15, -0.1) is 0 Å². The number of carbonyl (C=O) groups excluding carboxylic acids is 3. The number of benzene rings is 1. The lowest BCUT2D eigenvalue weighted by molar-refractivity contribution is -0.134. The Kier molecular flexibility index (Phi) is 5.01. The zero-order chi connectivity index (χ0) is 18.7. The quantitative estimate of drug-likeness (QED) is 0.585. The van der Waals surface area contributed by atoms with E-state index in [4.69, 9.17) is 9.47 Å². The zero-order valence-electron chi connectivity index (χ0n) is 15.0. The minimum absolute atomic E-state index is 0.297. The SMILES string of the molecule is CCCCNC(=O)CN1C(=O)N[C@@](C)(c2ccc3c(c2)OCCO3)C1=O. The molecule has 1 fully saturated rings. The van der Waals surface area contributed by atoms with Crippen molar-refractivity contribution in [1.29, 1.82) is 0 Å². The first-order chi connectivity index (χ1) is 12.5. The fourth-order valence-corrected chi connectivity index (χ4v) is 2.99. The minimum atomic E-state index is -1.25. The van der Waals surface area contributed by atoms with Crippen molar-refractivity contribution < 1.29 is 23.9 Å². The fourth-order valence-electron chi connectivity index (χ4n) is 2.99. The monoisotopic (exact) mass is 361 g/mol. The van der Waals surface area contributed by atoms with E-state index in [-0.39, 0.29) is 12.5 Å². The van der Waals surface area contributed by atoms with E-state index >= 15 is 0 Å². The number of amides is 4. The predicted molar refractivity (Wildman–Crippen MR) is 92.9 cm³/mol. The highest BCUT2D eigenvalue weighted by molar-refractivity contribution is 6.09. The maximum Gasteiger partial charge on any atom is 0.325 e. The van der Waals surface area contributed by atoms with Crippen LogP contribution in [0.4, 0.5) is 4.79 Å². The molecule has 0 unspecified atom stereocenters. The van der Waals surface area contributed by atoms with Crippen LogP contribution in [0.5, 0.6) is 11.5 Å². The van der Waals surface area contributed by atoms with Crippen molar-refractivity contribution >= 4 is 17.8 Å². The third-order valence-corrected chi connectivity index (χ3v) is 4.55. The van der Waals surface area contributed by atoms with Gasteiger partial charge >= 0.3 is 6.03 Å². The molecule has 0 aliphatic carbocycles. The molecule has 0 radical (unpaired) electrons. The summed E-state index contributed by atoms with van der Waals surface area (Å²) < 4.78 is 11.0. The maximum atomic E-state index is 12.9. The molecule has 0 aromatic heterocycles. The van der Waals surface area contributed by atoms with E-state index in [1.165, 1.54) is 0 Å². The lowest BCUT2D eigenvalue weighted by atomic mass is 9.91. The van der Waals surface area contributed by atoms with Gasteiger partial charge in [-0.25, -0.2) is 4.79 Å². The number of ether oxygens (including phenoxy) is 2. The molecule has 2 N–H and O–H groups in total. The number of imide groups is 1. The van der Waals surface area contributed by atoms with Gasteiger partial charge in [0.05, 0.1) is 0 Å². The molecule has 0 spiro atoms. The second-order valence-electron chi connectivity index (χ2n) is 6.51. The Bertz CT molecular complexity index is 736. The standard InChI is InChI=1S/C18H23N3O5/c1-3-4-7-19-15(22)11-21-16(23)18(2,20-17(21)24)12-5-6-13-14(10-12)26-9-8-25-13/h5-6,10H,3-4,7-9,11H2,1-2H3,(H,19,22)(H,20,24)/t18-/m0/s1. The molecule has 0 saturated carbocycles. The Morgan fingerprint density at radius 3 is 2.73 bits per heavy atom. The summed E-state index contributed by atoms with van der Waals surface area (Å²) >= 11 is 0. The number of carbonyl (C=O) groups is 3. The summed E-state index contributed by atoms with van der Waals surface area (Å²) in [4.78, 5) is 38.1. The van der Waals surface area contributed by atoms with Gasteiger partial charge in [-0.3, -0.25) is 14.5 Å². The second-order valence-corrected chi connectivity index (χ2v) is 6.51. The van der Waals surface area contributed by atoms with Crippen LogP contribution in [0.1, 0.15) is 32.3 Å². The second kappa shape index (κ2) is 7.23. The van der Waals surface area contributed by atoms with E-state index in [0.29, 0.717) is 36.8 Å². The van der Waals surface area contributed by atoms with E-state index in [0.717, 1.165) is 17.7 Å². The van der Waals surface area contributed by atoms with E-state index in [9.17, 15) is 14.4 Å². The van der Waals surface area contributed by atoms with Crippen LogP contribution in [0.2, 0.25) is 0 Å². The Labute approximate surface area is 151 Å². The molecule has 140 valence electrons. The lowest BCUT2D eigenvalue weighted by Gasteiger charge is -2.25. The fraction of sp³-hybridized carbons (Fsp3) is 0.500. The van der Waals surface area contributed by atoms with Gasteiger partial charge in [0.1, 0.15) is 25.3 Å². The number of hydrogen-bond donors (Lipinski definition) is 2. The largest absolute Gasteiger partial charge is 0.486 e. The van der Waals surface area contributed by atoms with Crippen molar-refractivity contribution in [1.82, 2.24) is 15.5 Å². The molecule has 1 atom stereocenters. The summed E-state index contributed by atoms with van der Waals surface area (Å²) in [6, 6.07) is 4.54. The normalized spacial score (nSPS) is 21.5. The van der Waals surface area contributed by atoms with Crippen LogP contribution in [0.15, 0.2) is 18.2 Å². The van der Waals surface area contributed by atoms with Crippen molar-refractivity contribution in [3.05, 3.63) is 23.8 Å². The molecule has 8 nitrogen and oxygen atoms in total. The lowest BCUT2D eigenvalue weighted by Crippen LogP contribution is -2.43. The molecule has 1 saturated heterocycles. The molecule has 3 rings (SSSR count). The van der Waals surface area contributed by atoms with Gasteiger partial charge < -0.3 is 20.1 Å². The third-order valence-electron chi connectivity index (χ3n) is 4.55. The van der Waals surface area contributed by atoms with Crippen LogP contribution in [-0.4, -0.2) is 49.0 Å². The number of nitrogens with one attached hydrogen (secondary N) is 2. The van der Waals surface area contributed by atoms with Crippen molar-refractivity contribution in [2.24, 2.45) is 0 Å². The van der Waals surface area contributed by atoms with E-state index in [2.05, 4.69) is 10.6 Å². The molecule has 4 amide bonds. The Hall–Kier alpha value is -2.77. The molecular formula is C18H23N3O5. The highest BCUT2D eigenvalue weighted by Gasteiger charge is 2.49. The molecule has 0 bridgehead atoms. The highest BCUT2D eigenvalue weighted by atomic mass is 16.6. The van der Waals surface area contributed by atoms with E-state index < -0.39 is 17.5 Å². The van der Waals surface area contributed by atoms with Crippen LogP contribution < -0.4 is 20.1 Å². The first kappa shape index (κ1) is 18.0. The van der Waals surface area contributed by atoms with Gasteiger partial charge in [0.25, 0.3) is 5.91 Å². The van der Waals surface area contributed by atoms with Crippen molar-refractivity contribution in [3.63, 3.8) is 0 Å². The van der Waals surface area contributed by atoms with Crippen LogP contribution in [0.25, 0.3) is 0 Å². The van der Waals surface area contributed by atoms with Crippen LogP contribution in [0.3, 0.4) is 0 Å². The number of nitrogens with zero attached hydrogens (tertiary/aromatic N) is 1. The number of hydrogen-bond acceptors (Lipinski definition) is 5. The van der Waals surface area contributed by atoms with Gasteiger partial charge in [-0.2, -0.15) is 0 Å². The van der Waals surface area contributed by atoms with Crippen LogP contribution >= 0.6 is 0 Å². The number of urea groups is 1. The topological polar surface area (TPSA) is 97.0 Å². The summed E-state index contributed by atoms with van der Waals surface area (Å²) in [5.41, 5.74) is -0.676. The Morgan fingerprint density at radius 1 is 1.27 bits per heavy atom. The van der Waals surface area contributed by atoms with Crippen molar-refractivity contribution in [3.8, 4) is 11.5 Å². The molecule has 2 heterocycles. The van der Waals surface area contributed by atoms with Crippen molar-refractivity contribution in [2.75, 3.05) is 26.3 Å². The molecular weight excluding hydrogens is 338 g/mol. The summed E-state index contributed by atoms with van der Waals surface area (Å²) in [6.45, 7) is 4.76. The van der Waals surface area contributed by atoms with Crippen molar-refractivity contribution in [2.45, 2.75) is 32.2 Å². The molecule has 8 heteroatoms. The number of fused-ring (bicyclic) bond motifs is 1. The summed E-state index contributed by atoms with van der Waals surface area (Å²) in [5, 5.41) is 5.40. The highest BCUT2D eigenvalue weighted by Crippen LogP contribution is 2.36. The average Bonchev–Trinajstić information content (AvgIpc) is 2.85. The Balaban J connectivity index is 1.75. The molecule has 2 aliphatic heterocycles. The van der Waals surface area contributed by atoms with Crippen LogP contribution in [0, 0.1) is 0 Å². The number of unbranched alkanes of at least 4 members (excludes halogenated alkanes) is 1. The molecule has 1 aromatic rings. The number of rotatable bonds is 6. The van der Waals surface area contributed by atoms with Gasteiger partial charge in [0.15, 0.2) is 11.5 Å². The summed E-state index contributed by atoms with van der Waals surface area (Å²) in [6.07, 6.45) is 1.80. The predicted octanol–water partition coefficient (Wildman–Crippen LogP) is 1.14. The summed E-state index contributed by atoms with van der Waals surface area (Å²) in [7, 11) is 0. The smallest absolute Gasteiger partial charge is 0.325 e. The van der Waals surface area contributed by atoms with Gasteiger partial charge in [-0.1, -0.05) is 19.4 Å².